The molecule has 5 nitrogen and oxygen atoms in total. The zero-order valence-electron chi connectivity index (χ0n) is 19.7. The third kappa shape index (κ3) is 3.39. The Morgan fingerprint density at radius 1 is 1.15 bits per heavy atom. The van der Waals surface area contributed by atoms with E-state index < -0.39 is 0 Å². The number of amides is 1. The topological polar surface area (TPSA) is 49.3 Å². The van der Waals surface area contributed by atoms with Crippen LogP contribution in [0.1, 0.15) is 55.5 Å². The van der Waals surface area contributed by atoms with E-state index in [1.54, 1.807) is 24.5 Å². The fourth-order valence-electron chi connectivity index (χ4n) is 5.81. The molecule has 1 aliphatic carbocycles. The van der Waals surface area contributed by atoms with E-state index in [2.05, 4.69) is 39.7 Å². The molecule has 0 bridgehead atoms. The first-order valence-corrected chi connectivity index (χ1v) is 12.3. The number of halogens is 1. The van der Waals surface area contributed by atoms with E-state index in [9.17, 15) is 9.18 Å². The van der Waals surface area contributed by atoms with Gasteiger partial charge in [-0.05, 0) is 55.4 Å². The highest BCUT2D eigenvalue weighted by Crippen LogP contribution is 2.57. The summed E-state index contributed by atoms with van der Waals surface area (Å²) in [7, 11) is 0. The van der Waals surface area contributed by atoms with Gasteiger partial charge in [-0.15, -0.1) is 0 Å². The summed E-state index contributed by atoms with van der Waals surface area (Å²) in [6, 6.07) is 13.2. The van der Waals surface area contributed by atoms with Crippen molar-refractivity contribution in [2.45, 2.75) is 51.0 Å². The van der Waals surface area contributed by atoms with Crippen molar-refractivity contribution in [3.63, 3.8) is 0 Å². The van der Waals surface area contributed by atoms with Gasteiger partial charge in [-0.1, -0.05) is 38.1 Å². The number of rotatable bonds is 4. The molecule has 34 heavy (non-hydrogen) atoms. The molecule has 2 unspecified atom stereocenters. The summed E-state index contributed by atoms with van der Waals surface area (Å²) in [5.41, 5.74) is 4.33. The van der Waals surface area contributed by atoms with Crippen molar-refractivity contribution in [3.05, 3.63) is 71.8 Å². The fourth-order valence-corrected chi connectivity index (χ4v) is 5.81. The molecule has 0 N–H and O–H groups in total. The van der Waals surface area contributed by atoms with E-state index in [1.165, 1.54) is 11.6 Å². The number of likely N-dealkylation sites (tertiary alicyclic amines) is 1. The highest BCUT2D eigenvalue weighted by Gasteiger charge is 2.52. The normalized spacial score (nSPS) is 22.3. The van der Waals surface area contributed by atoms with Crippen molar-refractivity contribution in [1.82, 2.24) is 14.9 Å². The minimum absolute atomic E-state index is 0.117. The molecule has 3 aromatic rings. The van der Waals surface area contributed by atoms with Crippen LogP contribution in [0.25, 0.3) is 11.1 Å². The van der Waals surface area contributed by atoms with E-state index >= 15 is 0 Å². The molecule has 1 aromatic heterocycles. The molecule has 2 aromatic carbocycles. The van der Waals surface area contributed by atoms with Crippen LogP contribution in [0.2, 0.25) is 0 Å². The lowest BCUT2D eigenvalue weighted by atomic mass is 9.97. The summed E-state index contributed by atoms with van der Waals surface area (Å²) in [6.45, 7) is 6.02. The summed E-state index contributed by atoms with van der Waals surface area (Å²) in [6.07, 6.45) is 7.70. The first kappa shape index (κ1) is 21.3. The highest BCUT2D eigenvalue weighted by atomic mass is 19.1. The van der Waals surface area contributed by atoms with Gasteiger partial charge in [0.1, 0.15) is 5.82 Å². The molecule has 2 aliphatic heterocycles. The predicted octanol–water partition coefficient (Wildman–Crippen LogP) is 5.73. The third-order valence-corrected chi connectivity index (χ3v) is 7.84. The average Bonchev–Trinajstić information content (AvgIpc) is 3.44. The number of hydrogen-bond acceptors (Lipinski definition) is 4. The van der Waals surface area contributed by atoms with E-state index in [0.717, 1.165) is 50.0 Å². The third-order valence-electron chi connectivity index (χ3n) is 7.84. The number of carbonyl (C=O) groups excluding carboxylic acids is 1. The summed E-state index contributed by atoms with van der Waals surface area (Å²) >= 11 is 0. The van der Waals surface area contributed by atoms with E-state index in [-0.39, 0.29) is 17.1 Å². The molecular weight excluding hydrogens is 427 g/mol. The molecule has 2 atom stereocenters. The molecule has 1 saturated carbocycles. The van der Waals surface area contributed by atoms with Crippen molar-refractivity contribution in [2.24, 2.45) is 5.92 Å². The van der Waals surface area contributed by atoms with E-state index in [1.807, 2.05) is 18.2 Å². The second kappa shape index (κ2) is 7.90. The lowest BCUT2D eigenvalue weighted by Crippen LogP contribution is -2.35. The van der Waals surface area contributed by atoms with Crippen LogP contribution in [-0.2, 0) is 5.41 Å². The number of aromatic nitrogens is 2. The van der Waals surface area contributed by atoms with Crippen LogP contribution >= 0.6 is 0 Å². The molecule has 3 heterocycles. The molecule has 1 spiro atoms. The maximum atomic E-state index is 14.2. The van der Waals surface area contributed by atoms with Gasteiger partial charge in [0.05, 0.1) is 0 Å². The number of nitrogens with zero attached hydrogens (tertiary/aromatic N) is 4. The standard InChI is InChI=1S/C28H29FN4O/c1-3-21-12-18(2)16-32(21)26(34)19-8-9-23-25(13-19)33(17-28(23)10-11-28)27-30-14-20(15-31-27)22-6-4-5-7-24(22)29/h4-9,13-15,18,21H,3,10-12,16-17H2,1-2H3. The van der Waals surface area contributed by atoms with Crippen LogP contribution in [-0.4, -0.2) is 39.9 Å². The van der Waals surface area contributed by atoms with Crippen LogP contribution in [0.3, 0.4) is 0 Å². The molecule has 6 rings (SSSR count). The fraction of sp³-hybridized carbons (Fsp3) is 0.393. The van der Waals surface area contributed by atoms with Crippen LogP contribution in [0.4, 0.5) is 16.0 Å². The Balaban J connectivity index is 1.33. The Kier molecular flexibility index (Phi) is 4.94. The summed E-state index contributed by atoms with van der Waals surface area (Å²) in [5, 5.41) is 0. The zero-order chi connectivity index (χ0) is 23.4. The highest BCUT2D eigenvalue weighted by molar-refractivity contribution is 5.96. The van der Waals surface area contributed by atoms with Gasteiger partial charge in [-0.2, -0.15) is 0 Å². The number of benzene rings is 2. The molecule has 1 saturated heterocycles. The number of carbonyl (C=O) groups is 1. The van der Waals surface area contributed by atoms with Gasteiger partial charge >= 0.3 is 0 Å². The van der Waals surface area contributed by atoms with Crippen molar-refractivity contribution < 1.29 is 9.18 Å². The number of anilines is 2. The average molecular weight is 457 g/mol. The number of hydrogen-bond donors (Lipinski definition) is 0. The largest absolute Gasteiger partial charge is 0.335 e. The minimum atomic E-state index is -0.285. The Labute approximate surface area is 199 Å². The zero-order valence-corrected chi connectivity index (χ0v) is 19.7. The second-order valence-electron chi connectivity index (χ2n) is 10.2. The maximum Gasteiger partial charge on any atom is 0.254 e. The quantitative estimate of drug-likeness (QED) is 0.503. The molecule has 0 radical (unpaired) electrons. The van der Waals surface area contributed by atoms with Crippen LogP contribution in [0.15, 0.2) is 54.9 Å². The second-order valence-corrected chi connectivity index (χ2v) is 10.2. The molecule has 174 valence electrons. The predicted molar refractivity (Wildman–Crippen MR) is 131 cm³/mol. The first-order chi connectivity index (χ1) is 16.5. The molecule has 1 amide bonds. The van der Waals surface area contributed by atoms with Gasteiger partial charge in [0, 0.05) is 59.3 Å². The van der Waals surface area contributed by atoms with Crippen LogP contribution in [0, 0.1) is 11.7 Å². The van der Waals surface area contributed by atoms with E-state index in [4.69, 9.17) is 0 Å². The smallest absolute Gasteiger partial charge is 0.254 e. The van der Waals surface area contributed by atoms with Crippen molar-refractivity contribution >= 4 is 17.5 Å². The molecule has 6 heteroatoms. The summed E-state index contributed by atoms with van der Waals surface area (Å²) in [4.78, 5) is 26.9. The Morgan fingerprint density at radius 3 is 2.62 bits per heavy atom. The van der Waals surface area contributed by atoms with Crippen molar-refractivity contribution in [1.29, 1.82) is 0 Å². The SMILES string of the molecule is CCC1CC(C)CN1C(=O)c1ccc2c(c1)N(c1ncc(-c3ccccc3F)cn1)CC21CC1. The lowest BCUT2D eigenvalue weighted by Gasteiger charge is -2.24. The van der Waals surface area contributed by atoms with Gasteiger partial charge in [0.2, 0.25) is 5.95 Å². The van der Waals surface area contributed by atoms with Crippen LogP contribution in [0.5, 0.6) is 0 Å². The first-order valence-electron chi connectivity index (χ1n) is 12.3. The monoisotopic (exact) mass is 456 g/mol. The van der Waals surface area contributed by atoms with Gasteiger partial charge in [-0.3, -0.25) is 4.79 Å². The van der Waals surface area contributed by atoms with E-state index in [0.29, 0.717) is 29.0 Å². The van der Waals surface area contributed by atoms with Gasteiger partial charge < -0.3 is 9.80 Å². The maximum absolute atomic E-state index is 14.2. The Morgan fingerprint density at radius 2 is 1.91 bits per heavy atom. The van der Waals surface area contributed by atoms with Crippen molar-refractivity contribution in [3.8, 4) is 11.1 Å². The molecule has 2 fully saturated rings. The van der Waals surface area contributed by atoms with Gasteiger partial charge in [-0.25, -0.2) is 14.4 Å². The van der Waals surface area contributed by atoms with Gasteiger partial charge in [0.25, 0.3) is 5.91 Å². The van der Waals surface area contributed by atoms with Gasteiger partial charge in [0.15, 0.2) is 0 Å². The Hall–Kier alpha value is -3.28. The molecule has 3 aliphatic rings. The minimum Gasteiger partial charge on any atom is -0.335 e. The summed E-state index contributed by atoms with van der Waals surface area (Å²) in [5.74, 6) is 0.963. The van der Waals surface area contributed by atoms with Crippen LogP contribution < -0.4 is 4.90 Å². The Bertz CT molecular complexity index is 1250. The summed E-state index contributed by atoms with van der Waals surface area (Å²) < 4.78 is 14.2. The lowest BCUT2D eigenvalue weighted by molar-refractivity contribution is 0.0730. The molecular formula is C28H29FN4O. The van der Waals surface area contributed by atoms with Crippen molar-refractivity contribution in [2.75, 3.05) is 18.0 Å². The number of fused-ring (bicyclic) bond motifs is 2.